The third-order valence-electron chi connectivity index (χ3n) is 4.62. The maximum absolute atomic E-state index is 12.7. The van der Waals surface area contributed by atoms with Crippen LogP contribution in [0.1, 0.15) is 39.9 Å². The standard InChI is InChI=1S/C18H16O2/c1-20-18(12-10-11-12)15-8-4-2-6-13(15)17(19)14-7-3-5-9-16(14)18/h2-9,12H,10-11H2,1H3. The highest BCUT2D eigenvalue weighted by atomic mass is 16.5. The molecule has 0 N–H and O–H groups in total. The molecule has 0 unspecified atom stereocenters. The van der Waals surface area contributed by atoms with Gasteiger partial charge in [0.05, 0.1) is 0 Å². The molecular formula is C18H16O2. The van der Waals surface area contributed by atoms with Gasteiger partial charge >= 0.3 is 0 Å². The molecule has 100 valence electrons. The van der Waals surface area contributed by atoms with Gasteiger partial charge in [0.15, 0.2) is 5.78 Å². The van der Waals surface area contributed by atoms with Gasteiger partial charge in [-0.15, -0.1) is 0 Å². The SMILES string of the molecule is COC1(C2CC2)c2ccccc2C(=O)c2ccccc21. The van der Waals surface area contributed by atoms with Gasteiger partial charge in [0.1, 0.15) is 5.60 Å². The van der Waals surface area contributed by atoms with Crippen molar-refractivity contribution in [3.63, 3.8) is 0 Å². The maximum Gasteiger partial charge on any atom is 0.193 e. The molecule has 0 heterocycles. The number of ether oxygens (including phenoxy) is 1. The fourth-order valence-electron chi connectivity index (χ4n) is 3.62. The van der Waals surface area contributed by atoms with E-state index in [-0.39, 0.29) is 5.78 Å². The van der Waals surface area contributed by atoms with Crippen molar-refractivity contribution < 1.29 is 9.53 Å². The largest absolute Gasteiger partial charge is 0.368 e. The summed E-state index contributed by atoms with van der Waals surface area (Å²) >= 11 is 0. The van der Waals surface area contributed by atoms with Crippen LogP contribution in [0, 0.1) is 5.92 Å². The van der Waals surface area contributed by atoms with Crippen LogP contribution < -0.4 is 0 Å². The monoisotopic (exact) mass is 264 g/mol. The first kappa shape index (κ1) is 11.9. The third-order valence-corrected chi connectivity index (χ3v) is 4.62. The number of benzene rings is 2. The van der Waals surface area contributed by atoms with Crippen molar-refractivity contribution in [1.29, 1.82) is 0 Å². The lowest BCUT2D eigenvalue weighted by atomic mass is 9.71. The van der Waals surface area contributed by atoms with E-state index >= 15 is 0 Å². The summed E-state index contributed by atoms with van der Waals surface area (Å²) in [5.41, 5.74) is 3.21. The normalized spacial score (nSPS) is 19.4. The summed E-state index contributed by atoms with van der Waals surface area (Å²) in [5, 5.41) is 0. The Balaban J connectivity index is 2.09. The van der Waals surface area contributed by atoms with Crippen molar-refractivity contribution in [2.75, 3.05) is 7.11 Å². The molecule has 0 aliphatic heterocycles. The van der Waals surface area contributed by atoms with E-state index in [0.717, 1.165) is 35.1 Å². The van der Waals surface area contributed by atoms with Crippen molar-refractivity contribution in [1.82, 2.24) is 0 Å². The van der Waals surface area contributed by atoms with Crippen molar-refractivity contribution in [3.05, 3.63) is 70.8 Å². The van der Waals surface area contributed by atoms with E-state index in [9.17, 15) is 4.79 Å². The average Bonchev–Trinajstić information content (AvgIpc) is 3.34. The van der Waals surface area contributed by atoms with E-state index in [4.69, 9.17) is 4.74 Å². The van der Waals surface area contributed by atoms with Crippen LogP contribution in [0.4, 0.5) is 0 Å². The topological polar surface area (TPSA) is 26.3 Å². The molecule has 0 atom stereocenters. The zero-order valence-corrected chi connectivity index (χ0v) is 11.4. The zero-order valence-electron chi connectivity index (χ0n) is 11.4. The summed E-state index contributed by atoms with van der Waals surface area (Å²) in [6, 6.07) is 15.8. The van der Waals surface area contributed by atoms with Crippen LogP contribution in [0.5, 0.6) is 0 Å². The molecule has 0 amide bonds. The number of rotatable bonds is 2. The Labute approximate surface area is 118 Å². The molecule has 20 heavy (non-hydrogen) atoms. The molecule has 0 bridgehead atoms. The van der Waals surface area contributed by atoms with Crippen LogP contribution in [0.2, 0.25) is 0 Å². The third kappa shape index (κ3) is 1.35. The van der Waals surface area contributed by atoms with E-state index in [1.54, 1.807) is 7.11 Å². The molecule has 1 fully saturated rings. The molecule has 1 saturated carbocycles. The van der Waals surface area contributed by atoms with Crippen LogP contribution in [0.25, 0.3) is 0 Å². The van der Waals surface area contributed by atoms with Gasteiger partial charge in [-0.25, -0.2) is 0 Å². The maximum atomic E-state index is 12.7. The number of carbonyl (C=O) groups is 1. The quantitative estimate of drug-likeness (QED) is 0.829. The lowest BCUT2D eigenvalue weighted by Gasteiger charge is -2.39. The van der Waals surface area contributed by atoms with Crippen LogP contribution >= 0.6 is 0 Å². The lowest BCUT2D eigenvalue weighted by molar-refractivity contribution is -0.000554. The zero-order chi connectivity index (χ0) is 13.7. The first-order valence-electron chi connectivity index (χ1n) is 7.08. The second kappa shape index (κ2) is 4.03. The van der Waals surface area contributed by atoms with E-state index in [0.29, 0.717) is 5.92 Å². The second-order valence-corrected chi connectivity index (χ2v) is 5.63. The Kier molecular flexibility index (Phi) is 2.39. The number of carbonyl (C=O) groups excluding carboxylic acids is 1. The predicted octanol–water partition coefficient (Wildman–Crippen LogP) is 3.53. The van der Waals surface area contributed by atoms with E-state index in [1.807, 2.05) is 48.5 Å². The molecule has 2 aliphatic carbocycles. The van der Waals surface area contributed by atoms with E-state index in [2.05, 4.69) is 0 Å². The second-order valence-electron chi connectivity index (χ2n) is 5.63. The highest BCUT2D eigenvalue weighted by Gasteiger charge is 2.53. The number of methoxy groups -OCH3 is 1. The first-order chi connectivity index (χ1) is 9.79. The molecule has 2 aromatic carbocycles. The minimum Gasteiger partial charge on any atom is -0.368 e. The van der Waals surface area contributed by atoms with Gasteiger partial charge in [0.25, 0.3) is 0 Å². The minimum atomic E-state index is -0.443. The molecule has 0 saturated heterocycles. The minimum absolute atomic E-state index is 0.115. The molecule has 2 aromatic rings. The highest BCUT2D eigenvalue weighted by molar-refractivity contribution is 6.13. The summed E-state index contributed by atoms with van der Waals surface area (Å²) in [6.45, 7) is 0. The highest BCUT2D eigenvalue weighted by Crippen LogP contribution is 2.55. The molecule has 2 nitrogen and oxygen atoms in total. The van der Waals surface area contributed by atoms with Gasteiger partial charge in [-0.2, -0.15) is 0 Å². The molecule has 0 radical (unpaired) electrons. The summed E-state index contributed by atoms with van der Waals surface area (Å²) in [6.07, 6.45) is 2.31. The fraction of sp³-hybridized carbons (Fsp3) is 0.278. The molecule has 2 heteroatoms. The Morgan fingerprint density at radius 2 is 1.45 bits per heavy atom. The number of hydrogen-bond donors (Lipinski definition) is 0. The predicted molar refractivity (Wildman–Crippen MR) is 76.8 cm³/mol. The van der Waals surface area contributed by atoms with Gasteiger partial charge in [-0.1, -0.05) is 48.5 Å². The van der Waals surface area contributed by atoms with Crippen molar-refractivity contribution in [3.8, 4) is 0 Å². The smallest absolute Gasteiger partial charge is 0.193 e. The van der Waals surface area contributed by atoms with Gasteiger partial charge < -0.3 is 4.74 Å². The summed E-state index contributed by atoms with van der Waals surface area (Å²) in [5.74, 6) is 0.590. The van der Waals surface area contributed by atoms with E-state index in [1.165, 1.54) is 0 Å². The van der Waals surface area contributed by atoms with Gasteiger partial charge in [0, 0.05) is 18.2 Å². The lowest BCUT2D eigenvalue weighted by Crippen LogP contribution is -2.39. The van der Waals surface area contributed by atoms with Gasteiger partial charge in [0.2, 0.25) is 0 Å². The average molecular weight is 264 g/mol. The van der Waals surface area contributed by atoms with Crippen molar-refractivity contribution in [2.45, 2.75) is 18.4 Å². The fourth-order valence-corrected chi connectivity index (χ4v) is 3.62. The summed E-state index contributed by atoms with van der Waals surface area (Å²) in [7, 11) is 1.77. The van der Waals surface area contributed by atoms with Crippen LogP contribution in [-0.2, 0) is 10.3 Å². The number of ketones is 1. The van der Waals surface area contributed by atoms with E-state index < -0.39 is 5.60 Å². The molecule has 2 aliphatic rings. The van der Waals surface area contributed by atoms with Gasteiger partial charge in [-0.3, -0.25) is 4.79 Å². The first-order valence-corrected chi connectivity index (χ1v) is 7.08. The Morgan fingerprint density at radius 3 is 1.90 bits per heavy atom. The Hall–Kier alpha value is -1.93. The Bertz CT molecular complexity index is 649. The number of fused-ring (bicyclic) bond motifs is 2. The Morgan fingerprint density at radius 1 is 0.950 bits per heavy atom. The van der Waals surface area contributed by atoms with Crippen LogP contribution in [-0.4, -0.2) is 12.9 Å². The molecule has 0 spiro atoms. The van der Waals surface area contributed by atoms with Crippen LogP contribution in [0.15, 0.2) is 48.5 Å². The molecule has 0 aromatic heterocycles. The van der Waals surface area contributed by atoms with Crippen molar-refractivity contribution >= 4 is 5.78 Å². The summed E-state index contributed by atoms with van der Waals surface area (Å²) < 4.78 is 6.05. The van der Waals surface area contributed by atoms with Crippen LogP contribution in [0.3, 0.4) is 0 Å². The molecule has 4 rings (SSSR count). The molecular weight excluding hydrogens is 248 g/mol. The van der Waals surface area contributed by atoms with Crippen molar-refractivity contribution in [2.24, 2.45) is 5.92 Å². The van der Waals surface area contributed by atoms with Gasteiger partial charge in [-0.05, 0) is 29.9 Å². The number of hydrogen-bond acceptors (Lipinski definition) is 2. The summed E-state index contributed by atoms with van der Waals surface area (Å²) in [4.78, 5) is 12.7.